The van der Waals surface area contributed by atoms with E-state index in [9.17, 15) is 0 Å². The molecule has 0 fully saturated rings. The van der Waals surface area contributed by atoms with Crippen molar-refractivity contribution in [3.05, 3.63) is 0 Å². The van der Waals surface area contributed by atoms with E-state index >= 15 is 0 Å². The van der Waals surface area contributed by atoms with Crippen LogP contribution in [0.4, 0.5) is 0 Å². The van der Waals surface area contributed by atoms with Gasteiger partial charge in [0.15, 0.2) is 0 Å². The average Bonchev–Trinajstić information content (AvgIpc) is 2.03. The molecule has 0 aromatic heterocycles. The van der Waals surface area contributed by atoms with Gasteiger partial charge in [0.2, 0.25) is 0 Å². The van der Waals surface area contributed by atoms with Crippen LogP contribution in [0, 0.1) is 0 Å². The van der Waals surface area contributed by atoms with Crippen molar-refractivity contribution in [3.8, 4) is 0 Å². The Bertz CT molecular complexity index is 80.5. The van der Waals surface area contributed by atoms with E-state index in [4.69, 9.17) is 0 Å². The highest BCUT2D eigenvalue weighted by atomic mass is 79.9. The molecule has 0 aliphatic heterocycles. The molecular formula is C8H18BrNS. The van der Waals surface area contributed by atoms with Crippen molar-refractivity contribution in [3.63, 3.8) is 0 Å². The molecule has 0 saturated heterocycles. The fourth-order valence-corrected chi connectivity index (χ4v) is 1.82. The van der Waals surface area contributed by atoms with Crippen LogP contribution in [0.3, 0.4) is 0 Å². The molecule has 0 rings (SSSR count). The van der Waals surface area contributed by atoms with Crippen LogP contribution in [0.2, 0.25) is 0 Å². The smallest absolute Gasteiger partial charge is 0.00727 e. The molecule has 0 aromatic carbocycles. The van der Waals surface area contributed by atoms with Gasteiger partial charge in [0.1, 0.15) is 0 Å². The lowest BCUT2D eigenvalue weighted by molar-refractivity contribution is 0.505. The average molecular weight is 240 g/mol. The Morgan fingerprint density at radius 2 is 2.27 bits per heavy atom. The third-order valence-electron chi connectivity index (χ3n) is 1.69. The molecule has 11 heavy (non-hydrogen) atoms. The van der Waals surface area contributed by atoms with E-state index in [0.717, 1.165) is 11.9 Å². The maximum Gasteiger partial charge on any atom is 0.00727 e. The fraction of sp³-hybridized carbons (Fsp3) is 1.00. The minimum absolute atomic E-state index is 0.710. The molecule has 0 heterocycles. The maximum atomic E-state index is 3.52. The first kappa shape index (κ1) is 11.8. The summed E-state index contributed by atoms with van der Waals surface area (Å²) >= 11 is 5.35. The van der Waals surface area contributed by atoms with Gasteiger partial charge in [-0.1, -0.05) is 22.9 Å². The molecule has 0 saturated carbocycles. The highest BCUT2D eigenvalue weighted by molar-refractivity contribution is 9.09. The molecule has 0 aromatic rings. The van der Waals surface area contributed by atoms with Crippen molar-refractivity contribution >= 4 is 27.7 Å². The van der Waals surface area contributed by atoms with Gasteiger partial charge in [-0.3, -0.25) is 0 Å². The van der Waals surface area contributed by atoms with Crippen LogP contribution >= 0.6 is 27.7 Å². The van der Waals surface area contributed by atoms with Gasteiger partial charge in [-0.2, -0.15) is 11.8 Å². The summed E-state index contributed by atoms with van der Waals surface area (Å²) in [6, 6.07) is 0.710. The monoisotopic (exact) mass is 239 g/mol. The standard InChI is InChI=1S/C8H18BrNS/c1-3-8(4-5-9)10-6-7-11-2/h8,10H,3-7H2,1-2H3. The minimum atomic E-state index is 0.710. The SMILES string of the molecule is CCC(CCBr)NCCSC. The molecular weight excluding hydrogens is 222 g/mol. The second-order valence-corrected chi connectivity index (χ2v) is 4.31. The lowest BCUT2D eigenvalue weighted by atomic mass is 10.2. The van der Waals surface area contributed by atoms with Crippen LogP contribution in [-0.4, -0.2) is 29.9 Å². The van der Waals surface area contributed by atoms with Gasteiger partial charge in [0, 0.05) is 23.7 Å². The number of alkyl halides is 1. The van der Waals surface area contributed by atoms with Gasteiger partial charge in [-0.05, 0) is 19.1 Å². The topological polar surface area (TPSA) is 12.0 Å². The normalized spacial score (nSPS) is 13.4. The largest absolute Gasteiger partial charge is 0.313 e. The van der Waals surface area contributed by atoms with Crippen molar-refractivity contribution < 1.29 is 0 Å². The van der Waals surface area contributed by atoms with Gasteiger partial charge >= 0.3 is 0 Å². The van der Waals surface area contributed by atoms with E-state index in [1.807, 2.05) is 11.8 Å². The quantitative estimate of drug-likeness (QED) is 0.542. The molecule has 1 atom stereocenters. The Morgan fingerprint density at radius 3 is 2.73 bits per heavy atom. The van der Waals surface area contributed by atoms with Crippen LogP contribution in [0.25, 0.3) is 0 Å². The lowest BCUT2D eigenvalue weighted by Crippen LogP contribution is -2.30. The Hall–Kier alpha value is 0.790. The van der Waals surface area contributed by atoms with E-state index in [1.54, 1.807) is 0 Å². The first-order valence-electron chi connectivity index (χ1n) is 4.13. The van der Waals surface area contributed by atoms with Crippen molar-refractivity contribution in [2.24, 2.45) is 0 Å². The molecule has 0 aliphatic carbocycles. The molecule has 0 bridgehead atoms. The van der Waals surface area contributed by atoms with Gasteiger partial charge < -0.3 is 5.32 Å². The zero-order chi connectivity index (χ0) is 8.53. The number of hydrogen-bond acceptors (Lipinski definition) is 2. The van der Waals surface area contributed by atoms with E-state index in [-0.39, 0.29) is 0 Å². The molecule has 0 amide bonds. The summed E-state index contributed by atoms with van der Waals surface area (Å²) in [5, 5.41) is 4.63. The van der Waals surface area contributed by atoms with Gasteiger partial charge in [0.05, 0.1) is 0 Å². The van der Waals surface area contributed by atoms with Crippen LogP contribution in [0.1, 0.15) is 19.8 Å². The first-order chi connectivity index (χ1) is 5.35. The fourth-order valence-electron chi connectivity index (χ4n) is 0.947. The summed E-state index contributed by atoms with van der Waals surface area (Å²) in [6.07, 6.45) is 4.62. The second kappa shape index (κ2) is 8.88. The molecule has 0 spiro atoms. The maximum absolute atomic E-state index is 3.52. The number of thioether (sulfide) groups is 1. The van der Waals surface area contributed by atoms with Crippen molar-refractivity contribution in [2.75, 3.05) is 23.9 Å². The minimum Gasteiger partial charge on any atom is -0.313 e. The second-order valence-electron chi connectivity index (χ2n) is 2.53. The molecule has 3 heteroatoms. The van der Waals surface area contributed by atoms with Crippen molar-refractivity contribution in [2.45, 2.75) is 25.8 Å². The van der Waals surface area contributed by atoms with Gasteiger partial charge in [-0.25, -0.2) is 0 Å². The number of halogens is 1. The number of nitrogens with one attached hydrogen (secondary N) is 1. The molecule has 0 aliphatic rings. The number of rotatable bonds is 7. The predicted octanol–water partition coefficient (Wildman–Crippen LogP) is 2.50. The Kier molecular flexibility index (Phi) is 9.52. The molecule has 1 unspecified atom stereocenters. The number of hydrogen-bond donors (Lipinski definition) is 1. The Balaban J connectivity index is 3.20. The van der Waals surface area contributed by atoms with Crippen LogP contribution < -0.4 is 5.32 Å². The summed E-state index contributed by atoms with van der Waals surface area (Å²) in [7, 11) is 0. The molecule has 68 valence electrons. The summed E-state index contributed by atoms with van der Waals surface area (Å²) in [5.41, 5.74) is 0. The van der Waals surface area contributed by atoms with Crippen LogP contribution in [-0.2, 0) is 0 Å². The van der Waals surface area contributed by atoms with Crippen LogP contribution in [0.5, 0.6) is 0 Å². The molecule has 1 nitrogen and oxygen atoms in total. The summed E-state index contributed by atoms with van der Waals surface area (Å²) < 4.78 is 0. The molecule has 1 N–H and O–H groups in total. The van der Waals surface area contributed by atoms with E-state index in [0.29, 0.717) is 6.04 Å². The van der Waals surface area contributed by atoms with E-state index < -0.39 is 0 Å². The van der Waals surface area contributed by atoms with Crippen molar-refractivity contribution in [1.82, 2.24) is 5.32 Å². The highest BCUT2D eigenvalue weighted by Gasteiger charge is 2.02. The molecule has 0 radical (unpaired) electrons. The zero-order valence-electron chi connectivity index (χ0n) is 7.40. The third-order valence-corrected chi connectivity index (χ3v) is 2.76. The van der Waals surface area contributed by atoms with E-state index in [2.05, 4.69) is 34.4 Å². The Labute approximate surface area is 82.8 Å². The lowest BCUT2D eigenvalue weighted by Gasteiger charge is -2.14. The van der Waals surface area contributed by atoms with E-state index in [1.165, 1.54) is 18.6 Å². The zero-order valence-corrected chi connectivity index (χ0v) is 9.80. The third kappa shape index (κ3) is 7.16. The predicted molar refractivity (Wildman–Crippen MR) is 58.9 cm³/mol. The summed E-state index contributed by atoms with van der Waals surface area (Å²) in [6.45, 7) is 3.38. The first-order valence-corrected chi connectivity index (χ1v) is 6.65. The summed E-state index contributed by atoms with van der Waals surface area (Å²) in [5.74, 6) is 1.22. The summed E-state index contributed by atoms with van der Waals surface area (Å²) in [4.78, 5) is 0. The van der Waals surface area contributed by atoms with Crippen molar-refractivity contribution in [1.29, 1.82) is 0 Å². The highest BCUT2D eigenvalue weighted by Crippen LogP contribution is 2.00. The van der Waals surface area contributed by atoms with Crippen LogP contribution in [0.15, 0.2) is 0 Å². The Morgan fingerprint density at radius 1 is 1.55 bits per heavy atom. The van der Waals surface area contributed by atoms with Gasteiger partial charge in [-0.15, -0.1) is 0 Å². The van der Waals surface area contributed by atoms with Gasteiger partial charge in [0.25, 0.3) is 0 Å².